The lowest BCUT2D eigenvalue weighted by Gasteiger charge is -2.14. The molecule has 0 radical (unpaired) electrons. The van der Waals surface area contributed by atoms with E-state index >= 15 is 0 Å². The Morgan fingerprint density at radius 1 is 1.23 bits per heavy atom. The van der Waals surface area contributed by atoms with Gasteiger partial charge < -0.3 is 11.1 Å². The van der Waals surface area contributed by atoms with E-state index in [0.717, 1.165) is 49.5 Å². The van der Waals surface area contributed by atoms with Gasteiger partial charge in [0.15, 0.2) is 0 Å². The van der Waals surface area contributed by atoms with Crippen LogP contribution < -0.4 is 15.8 Å². The summed E-state index contributed by atoms with van der Waals surface area (Å²) in [5.74, 6) is 0. The average Bonchev–Trinajstić information content (AvgIpc) is 2.98. The molecule has 1 aliphatic carbocycles. The van der Waals surface area contributed by atoms with E-state index in [4.69, 9.17) is 18.0 Å². The molecule has 4 N–H and O–H groups in total. The van der Waals surface area contributed by atoms with Crippen LogP contribution in [-0.4, -0.2) is 25.6 Å². The zero-order chi connectivity index (χ0) is 23.3. The number of hydrogen-bond acceptors (Lipinski definition) is 4. The van der Waals surface area contributed by atoms with Crippen LogP contribution in [0.1, 0.15) is 52.4 Å². The minimum Gasteiger partial charge on any atom is -0.405 e. The molecule has 0 aliphatic heterocycles. The summed E-state index contributed by atoms with van der Waals surface area (Å²) in [5.41, 5.74) is 7.05. The van der Waals surface area contributed by atoms with Crippen molar-refractivity contribution in [3.63, 3.8) is 0 Å². The van der Waals surface area contributed by atoms with Gasteiger partial charge >= 0.3 is 0 Å². The molecular formula is C23H34FN3O2S2. The number of hydrogen-bond donors (Lipinski definition) is 3. The lowest BCUT2D eigenvalue weighted by molar-refractivity contribution is 0.416. The Bertz CT molecular complexity index is 861. The van der Waals surface area contributed by atoms with E-state index in [9.17, 15) is 12.8 Å². The summed E-state index contributed by atoms with van der Waals surface area (Å²) in [6, 6.07) is -0.0393. The normalized spacial score (nSPS) is 18.9. The Kier molecular flexibility index (Phi) is 12.3. The number of sulfonamides is 1. The molecule has 1 aliphatic rings. The fourth-order valence-electron chi connectivity index (χ4n) is 3.18. The van der Waals surface area contributed by atoms with Gasteiger partial charge in [0, 0.05) is 23.2 Å². The molecular weight excluding hydrogens is 433 g/mol. The molecule has 31 heavy (non-hydrogen) atoms. The summed E-state index contributed by atoms with van der Waals surface area (Å²) >= 11 is 5.37. The van der Waals surface area contributed by atoms with E-state index in [0.29, 0.717) is 11.1 Å². The van der Waals surface area contributed by atoms with E-state index < -0.39 is 16.2 Å². The maximum atomic E-state index is 13.8. The molecule has 0 aromatic heterocycles. The van der Waals surface area contributed by atoms with Crippen molar-refractivity contribution in [3.8, 4) is 0 Å². The smallest absolute Gasteiger partial charge is 0.233 e. The quantitative estimate of drug-likeness (QED) is 0.185. The largest absolute Gasteiger partial charge is 0.405 e. The van der Waals surface area contributed by atoms with Crippen molar-refractivity contribution in [2.75, 3.05) is 0 Å². The van der Waals surface area contributed by atoms with Crippen LogP contribution in [-0.2, 0) is 10.0 Å². The van der Waals surface area contributed by atoms with Crippen molar-refractivity contribution in [2.24, 2.45) is 5.73 Å². The molecule has 0 heterocycles. The molecule has 1 saturated carbocycles. The molecule has 1 rings (SSSR count). The van der Waals surface area contributed by atoms with Crippen molar-refractivity contribution >= 4 is 27.2 Å². The Hall–Kier alpha value is -2.03. The van der Waals surface area contributed by atoms with Gasteiger partial charge in [-0.2, -0.15) is 0 Å². The van der Waals surface area contributed by atoms with E-state index in [-0.39, 0.29) is 11.0 Å². The predicted octanol–water partition coefficient (Wildman–Crippen LogP) is 4.83. The highest BCUT2D eigenvalue weighted by molar-refractivity contribution is 7.92. The fourth-order valence-corrected chi connectivity index (χ4v) is 4.49. The third-order valence-electron chi connectivity index (χ3n) is 4.93. The number of nitrogens with two attached hydrogens (primary N) is 1. The van der Waals surface area contributed by atoms with Gasteiger partial charge in [0.2, 0.25) is 10.0 Å². The number of alkyl halides is 1. The van der Waals surface area contributed by atoms with Crippen LogP contribution >= 0.6 is 12.2 Å². The third kappa shape index (κ3) is 10.7. The lowest BCUT2D eigenvalue weighted by Crippen LogP contribution is -2.33. The zero-order valence-electron chi connectivity index (χ0n) is 18.3. The number of rotatable bonds is 10. The second kappa shape index (κ2) is 14.1. The van der Waals surface area contributed by atoms with Crippen LogP contribution in [0.3, 0.4) is 0 Å². The highest BCUT2D eigenvalue weighted by atomic mass is 32.2. The fraction of sp³-hybridized carbons (Fsp3) is 0.435. The molecule has 8 heteroatoms. The first-order chi connectivity index (χ1) is 14.7. The summed E-state index contributed by atoms with van der Waals surface area (Å²) in [6.07, 6.45) is 15.5. The summed E-state index contributed by atoms with van der Waals surface area (Å²) < 4.78 is 41.5. The minimum atomic E-state index is -3.61. The predicted molar refractivity (Wildman–Crippen MR) is 132 cm³/mol. The van der Waals surface area contributed by atoms with Gasteiger partial charge in [0.05, 0.1) is 0 Å². The monoisotopic (exact) mass is 467 g/mol. The Balaban J connectivity index is 2.91. The standard InChI is InChI=1S/C23H34FN3O2S2/c1-4-18(2)22(19(3)24)13-16-26-23(30)20(10-9-15-25)14-17-31(28,29)27-21-11-7-5-6-8-12-21/h4,9-10,13-17,19,21,27H,1,5-8,11-12,25H2,2-3H3,(H,26,30)/b15-9+,16-13+,17-14+,20-10+,22-18+. The van der Waals surface area contributed by atoms with Crippen molar-refractivity contribution in [3.05, 3.63) is 71.5 Å². The number of allylic oxidation sites excluding steroid dienone is 6. The van der Waals surface area contributed by atoms with Gasteiger partial charge in [0.1, 0.15) is 11.2 Å². The van der Waals surface area contributed by atoms with Crippen LogP contribution in [0.5, 0.6) is 0 Å². The van der Waals surface area contributed by atoms with Gasteiger partial charge in [-0.1, -0.05) is 56.6 Å². The molecule has 1 atom stereocenters. The molecule has 0 aromatic rings. The molecule has 5 nitrogen and oxygen atoms in total. The first kappa shape index (κ1) is 27.0. The average molecular weight is 468 g/mol. The second-order valence-electron chi connectivity index (χ2n) is 7.43. The maximum absolute atomic E-state index is 13.8. The zero-order valence-corrected chi connectivity index (χ0v) is 19.9. The molecule has 172 valence electrons. The topological polar surface area (TPSA) is 84.2 Å². The van der Waals surface area contributed by atoms with Crippen LogP contribution in [0, 0.1) is 0 Å². The highest BCUT2D eigenvalue weighted by Crippen LogP contribution is 2.18. The van der Waals surface area contributed by atoms with E-state index in [1.165, 1.54) is 25.4 Å². The van der Waals surface area contributed by atoms with Crippen LogP contribution in [0.15, 0.2) is 71.5 Å². The lowest BCUT2D eigenvalue weighted by atomic mass is 10.1. The van der Waals surface area contributed by atoms with Gasteiger partial charge in [0.25, 0.3) is 0 Å². The SMILES string of the molecule is C=C/C(C)=C(\C=C\NC(=S)C(/C=C/S(=O)(=O)NC1CCCCCC1)=C/C=C/N)C(C)F. The van der Waals surface area contributed by atoms with Crippen LogP contribution in [0.2, 0.25) is 0 Å². The first-order valence-electron chi connectivity index (χ1n) is 10.4. The van der Waals surface area contributed by atoms with Gasteiger partial charge in [-0.3, -0.25) is 0 Å². The Labute approximate surface area is 191 Å². The van der Waals surface area contributed by atoms with E-state index in [2.05, 4.69) is 16.6 Å². The van der Waals surface area contributed by atoms with Crippen molar-refractivity contribution in [2.45, 2.75) is 64.6 Å². The van der Waals surface area contributed by atoms with Gasteiger partial charge in [-0.25, -0.2) is 17.5 Å². The molecule has 1 fully saturated rings. The van der Waals surface area contributed by atoms with Crippen LogP contribution in [0.4, 0.5) is 4.39 Å². The Morgan fingerprint density at radius 2 is 1.87 bits per heavy atom. The van der Waals surface area contributed by atoms with Crippen molar-refractivity contribution < 1.29 is 12.8 Å². The summed E-state index contributed by atoms with van der Waals surface area (Å²) in [6.45, 7) is 6.87. The van der Waals surface area contributed by atoms with E-state index in [1.54, 1.807) is 31.2 Å². The highest BCUT2D eigenvalue weighted by Gasteiger charge is 2.17. The number of thiocarbonyl (C=S) groups is 1. The number of halogens is 1. The Morgan fingerprint density at radius 3 is 2.42 bits per heavy atom. The minimum absolute atomic E-state index is 0.0393. The van der Waals surface area contributed by atoms with Crippen molar-refractivity contribution in [1.82, 2.24) is 10.0 Å². The summed E-state index contributed by atoms with van der Waals surface area (Å²) in [4.78, 5) is 0.275. The third-order valence-corrected chi connectivity index (χ3v) is 6.44. The molecule has 0 spiro atoms. The number of nitrogens with one attached hydrogen (secondary N) is 2. The molecule has 1 unspecified atom stereocenters. The molecule has 0 aromatic carbocycles. The molecule has 0 saturated heterocycles. The van der Waals surface area contributed by atoms with Crippen LogP contribution in [0.25, 0.3) is 0 Å². The molecule has 0 bridgehead atoms. The van der Waals surface area contributed by atoms with Crippen molar-refractivity contribution in [1.29, 1.82) is 0 Å². The van der Waals surface area contributed by atoms with Gasteiger partial charge in [-0.05, 0) is 62.3 Å². The second-order valence-corrected chi connectivity index (χ2v) is 9.43. The molecule has 0 amide bonds. The van der Waals surface area contributed by atoms with Gasteiger partial charge in [-0.15, -0.1) is 0 Å². The van der Waals surface area contributed by atoms with E-state index in [1.807, 2.05) is 0 Å². The summed E-state index contributed by atoms with van der Waals surface area (Å²) in [7, 11) is -3.61. The maximum Gasteiger partial charge on any atom is 0.233 e. The summed E-state index contributed by atoms with van der Waals surface area (Å²) in [5, 5.41) is 4.00. The first-order valence-corrected chi connectivity index (χ1v) is 12.4.